The topological polar surface area (TPSA) is 58.6 Å². The number of ether oxygens (including phenoxy) is 1. The Morgan fingerprint density at radius 3 is 2.63 bits per heavy atom. The molecule has 0 saturated carbocycles. The highest BCUT2D eigenvalue weighted by Crippen LogP contribution is 2.25. The number of hydrogen-bond donors (Lipinski definition) is 0. The minimum Gasteiger partial charge on any atom is -0.378 e. The summed E-state index contributed by atoms with van der Waals surface area (Å²) in [5, 5.41) is 0. The molecule has 0 aliphatic carbocycles. The molecule has 2 saturated heterocycles. The molecule has 0 unspecified atom stereocenters. The van der Waals surface area contributed by atoms with E-state index in [4.69, 9.17) is 4.74 Å². The molecular weight excluding hydrogens is 244 g/mol. The summed E-state index contributed by atoms with van der Waals surface area (Å²) in [4.78, 5) is 24.8. The van der Waals surface area contributed by atoms with E-state index in [2.05, 4.69) is 14.9 Å². The van der Waals surface area contributed by atoms with Gasteiger partial charge >= 0.3 is 0 Å². The van der Waals surface area contributed by atoms with Crippen LogP contribution in [0.15, 0.2) is 12.4 Å². The van der Waals surface area contributed by atoms with E-state index in [0.29, 0.717) is 13.2 Å². The van der Waals surface area contributed by atoms with Gasteiger partial charge in [-0.15, -0.1) is 0 Å². The van der Waals surface area contributed by atoms with Crippen molar-refractivity contribution in [3.8, 4) is 0 Å². The van der Waals surface area contributed by atoms with Gasteiger partial charge in [0.1, 0.15) is 5.82 Å². The van der Waals surface area contributed by atoms with Crippen molar-refractivity contribution in [3.63, 3.8) is 0 Å². The minimum atomic E-state index is 0.0968. The fraction of sp³-hybridized carbons (Fsp3) is 0.615. The predicted molar refractivity (Wildman–Crippen MR) is 69.9 cm³/mol. The van der Waals surface area contributed by atoms with E-state index in [1.807, 2.05) is 11.8 Å². The highest BCUT2D eigenvalue weighted by Gasteiger charge is 2.37. The summed E-state index contributed by atoms with van der Waals surface area (Å²) in [5.41, 5.74) is 0.916. The normalized spacial score (nSPS) is 20.3. The lowest BCUT2D eigenvalue weighted by atomic mass is 9.98. The van der Waals surface area contributed by atoms with Crippen molar-refractivity contribution >= 4 is 11.7 Å². The van der Waals surface area contributed by atoms with E-state index in [1.54, 1.807) is 12.4 Å². The van der Waals surface area contributed by atoms with Crippen LogP contribution < -0.4 is 4.90 Å². The zero-order chi connectivity index (χ0) is 13.2. The number of amides is 1. The van der Waals surface area contributed by atoms with E-state index in [1.165, 1.54) is 0 Å². The summed E-state index contributed by atoms with van der Waals surface area (Å²) in [5.74, 6) is 1.24. The Morgan fingerprint density at radius 2 is 1.95 bits per heavy atom. The monoisotopic (exact) mass is 262 g/mol. The van der Waals surface area contributed by atoms with Crippen molar-refractivity contribution in [1.82, 2.24) is 14.9 Å². The Kier molecular flexibility index (Phi) is 3.33. The lowest BCUT2D eigenvalue weighted by Crippen LogP contribution is -2.56. The third kappa shape index (κ3) is 2.40. The van der Waals surface area contributed by atoms with Crippen LogP contribution in [0.1, 0.15) is 5.69 Å². The zero-order valence-corrected chi connectivity index (χ0v) is 11.1. The largest absolute Gasteiger partial charge is 0.378 e. The molecule has 0 bridgehead atoms. The molecule has 1 amide bonds. The maximum absolute atomic E-state index is 12.2. The lowest BCUT2D eigenvalue weighted by Gasteiger charge is -2.42. The number of aryl methyl sites for hydroxylation is 1. The van der Waals surface area contributed by atoms with Gasteiger partial charge in [0, 0.05) is 38.6 Å². The fourth-order valence-electron chi connectivity index (χ4n) is 2.56. The highest BCUT2D eigenvalue weighted by molar-refractivity contribution is 5.82. The molecule has 3 rings (SSSR count). The molecule has 0 atom stereocenters. The molecule has 6 nitrogen and oxygen atoms in total. The van der Waals surface area contributed by atoms with Gasteiger partial charge in [-0.05, 0) is 6.92 Å². The lowest BCUT2D eigenvalue weighted by molar-refractivity contribution is -0.140. The van der Waals surface area contributed by atoms with Gasteiger partial charge in [0.05, 0.1) is 24.8 Å². The summed E-state index contributed by atoms with van der Waals surface area (Å²) in [7, 11) is 0. The SMILES string of the molecule is Cc1nccnc1N1CC(C(=O)N2CCOCC2)C1. The fourth-order valence-corrected chi connectivity index (χ4v) is 2.56. The Labute approximate surface area is 112 Å². The number of carbonyl (C=O) groups excluding carboxylic acids is 1. The van der Waals surface area contributed by atoms with Crippen LogP contribution in [0.3, 0.4) is 0 Å². The number of anilines is 1. The van der Waals surface area contributed by atoms with Crippen molar-refractivity contribution in [2.45, 2.75) is 6.92 Å². The maximum Gasteiger partial charge on any atom is 0.229 e. The van der Waals surface area contributed by atoms with Crippen molar-refractivity contribution < 1.29 is 9.53 Å². The van der Waals surface area contributed by atoms with Gasteiger partial charge in [-0.2, -0.15) is 0 Å². The number of aromatic nitrogens is 2. The quantitative estimate of drug-likeness (QED) is 0.755. The van der Waals surface area contributed by atoms with Gasteiger partial charge < -0.3 is 14.5 Å². The molecule has 0 N–H and O–H groups in total. The molecule has 0 radical (unpaired) electrons. The highest BCUT2D eigenvalue weighted by atomic mass is 16.5. The molecule has 2 fully saturated rings. The van der Waals surface area contributed by atoms with Crippen LogP contribution in [0.25, 0.3) is 0 Å². The Balaban J connectivity index is 1.57. The molecular formula is C13H18N4O2. The van der Waals surface area contributed by atoms with Crippen molar-refractivity contribution in [2.75, 3.05) is 44.3 Å². The zero-order valence-electron chi connectivity index (χ0n) is 11.1. The summed E-state index contributed by atoms with van der Waals surface area (Å²) >= 11 is 0. The van der Waals surface area contributed by atoms with Crippen LogP contribution in [-0.2, 0) is 9.53 Å². The second kappa shape index (κ2) is 5.13. The summed E-state index contributed by atoms with van der Waals surface area (Å²) < 4.78 is 5.26. The van der Waals surface area contributed by atoms with Crippen LogP contribution in [0.4, 0.5) is 5.82 Å². The first-order valence-electron chi connectivity index (χ1n) is 6.65. The summed E-state index contributed by atoms with van der Waals surface area (Å²) in [6.45, 7) is 6.20. The Bertz CT molecular complexity index is 467. The first-order valence-corrected chi connectivity index (χ1v) is 6.65. The van der Waals surface area contributed by atoms with Crippen LogP contribution >= 0.6 is 0 Å². The standard InChI is InChI=1S/C13H18N4O2/c1-10-12(15-3-2-14-10)17-8-11(9-17)13(18)16-4-6-19-7-5-16/h2-3,11H,4-9H2,1H3. The van der Waals surface area contributed by atoms with Gasteiger partial charge in [0.2, 0.25) is 5.91 Å². The molecule has 1 aromatic rings. The smallest absolute Gasteiger partial charge is 0.229 e. The van der Waals surface area contributed by atoms with E-state index in [9.17, 15) is 4.79 Å². The van der Waals surface area contributed by atoms with Crippen LogP contribution in [-0.4, -0.2) is 60.2 Å². The van der Waals surface area contributed by atoms with Crippen molar-refractivity contribution in [2.24, 2.45) is 5.92 Å². The summed E-state index contributed by atoms with van der Waals surface area (Å²) in [6.07, 6.45) is 3.38. The molecule has 2 aliphatic heterocycles. The Morgan fingerprint density at radius 1 is 1.26 bits per heavy atom. The molecule has 19 heavy (non-hydrogen) atoms. The van der Waals surface area contributed by atoms with Crippen LogP contribution in [0, 0.1) is 12.8 Å². The molecule has 0 spiro atoms. The number of morpholine rings is 1. The van der Waals surface area contributed by atoms with Gasteiger partial charge in [0.15, 0.2) is 0 Å². The first kappa shape index (κ1) is 12.3. The maximum atomic E-state index is 12.2. The van der Waals surface area contributed by atoms with Crippen molar-refractivity contribution in [3.05, 3.63) is 18.1 Å². The summed E-state index contributed by atoms with van der Waals surface area (Å²) in [6, 6.07) is 0. The number of carbonyl (C=O) groups is 1. The average Bonchev–Trinajstić information content (AvgIpc) is 2.40. The molecule has 0 aromatic carbocycles. The molecule has 3 heterocycles. The van der Waals surface area contributed by atoms with E-state index < -0.39 is 0 Å². The third-order valence-corrected chi connectivity index (χ3v) is 3.71. The van der Waals surface area contributed by atoms with Gasteiger partial charge in [-0.25, -0.2) is 4.98 Å². The number of nitrogens with zero attached hydrogens (tertiary/aromatic N) is 4. The molecule has 1 aromatic heterocycles. The second-order valence-electron chi connectivity index (χ2n) is 5.00. The second-order valence-corrected chi connectivity index (χ2v) is 5.00. The first-order chi connectivity index (χ1) is 9.25. The van der Waals surface area contributed by atoms with Crippen LogP contribution in [0.5, 0.6) is 0 Å². The third-order valence-electron chi connectivity index (χ3n) is 3.71. The minimum absolute atomic E-state index is 0.0968. The van der Waals surface area contributed by atoms with Crippen LogP contribution in [0.2, 0.25) is 0 Å². The van der Waals surface area contributed by atoms with E-state index >= 15 is 0 Å². The predicted octanol–water partition coefficient (Wildman–Crippen LogP) is 0.0800. The van der Waals surface area contributed by atoms with Gasteiger partial charge in [0.25, 0.3) is 0 Å². The number of rotatable bonds is 2. The average molecular weight is 262 g/mol. The molecule has 2 aliphatic rings. The van der Waals surface area contributed by atoms with E-state index in [-0.39, 0.29) is 11.8 Å². The van der Waals surface area contributed by atoms with E-state index in [0.717, 1.165) is 37.7 Å². The molecule has 6 heteroatoms. The van der Waals surface area contributed by atoms with Gasteiger partial charge in [-0.1, -0.05) is 0 Å². The van der Waals surface area contributed by atoms with Gasteiger partial charge in [-0.3, -0.25) is 9.78 Å². The van der Waals surface area contributed by atoms with Crippen molar-refractivity contribution in [1.29, 1.82) is 0 Å². The Hall–Kier alpha value is -1.69. The number of hydrogen-bond acceptors (Lipinski definition) is 5. The molecule has 102 valence electrons.